The van der Waals surface area contributed by atoms with E-state index in [1.165, 1.54) is 0 Å². The van der Waals surface area contributed by atoms with E-state index in [0.29, 0.717) is 0 Å². The molecule has 0 spiro atoms. The number of urea groups is 1. The highest BCUT2D eigenvalue weighted by Gasteiger charge is 2.30. The van der Waals surface area contributed by atoms with Crippen LogP contribution in [0, 0.1) is 0 Å². The van der Waals surface area contributed by atoms with Crippen molar-refractivity contribution in [3.8, 4) is 0 Å². The molecule has 1 atom stereocenters. The Hall–Kier alpha value is -2.08. The molecule has 108 valence electrons. The molecule has 20 heavy (non-hydrogen) atoms. The standard InChI is InChI=1S/C14H18N2O4/c1-10-8-11-4-2-3-5-12(11)16(10)14(19)15-6-7-20-9-13(17)18/h2-5,10H,6-9H2,1H3,(H,15,19)(H,17,18). The molecule has 0 aromatic heterocycles. The van der Waals surface area contributed by atoms with E-state index < -0.39 is 5.97 Å². The van der Waals surface area contributed by atoms with Gasteiger partial charge in [0.1, 0.15) is 6.61 Å². The molecular weight excluding hydrogens is 260 g/mol. The second-order valence-electron chi connectivity index (χ2n) is 4.73. The van der Waals surface area contributed by atoms with Gasteiger partial charge in [-0.25, -0.2) is 9.59 Å². The van der Waals surface area contributed by atoms with Crippen LogP contribution in [0.5, 0.6) is 0 Å². The first-order valence-electron chi connectivity index (χ1n) is 6.54. The third-order valence-corrected chi connectivity index (χ3v) is 3.17. The molecule has 0 bridgehead atoms. The Morgan fingerprint density at radius 2 is 2.20 bits per heavy atom. The summed E-state index contributed by atoms with van der Waals surface area (Å²) >= 11 is 0. The van der Waals surface area contributed by atoms with Gasteiger partial charge < -0.3 is 15.2 Å². The Bertz CT molecular complexity index is 504. The molecule has 2 N–H and O–H groups in total. The van der Waals surface area contributed by atoms with Crippen molar-refractivity contribution >= 4 is 17.7 Å². The molecule has 2 rings (SSSR count). The molecule has 1 aromatic rings. The fraction of sp³-hybridized carbons (Fsp3) is 0.429. The Kier molecular flexibility index (Phi) is 4.57. The molecular formula is C14H18N2O4. The summed E-state index contributed by atoms with van der Waals surface area (Å²) < 4.78 is 4.87. The molecule has 1 aromatic carbocycles. The van der Waals surface area contributed by atoms with Gasteiger partial charge in [0.15, 0.2) is 0 Å². The molecule has 0 saturated carbocycles. The van der Waals surface area contributed by atoms with E-state index in [2.05, 4.69) is 5.32 Å². The summed E-state index contributed by atoms with van der Waals surface area (Å²) in [5.41, 5.74) is 2.10. The first-order chi connectivity index (χ1) is 9.59. The highest BCUT2D eigenvalue weighted by atomic mass is 16.5. The van der Waals surface area contributed by atoms with Gasteiger partial charge in [-0.05, 0) is 25.0 Å². The fourth-order valence-corrected chi connectivity index (χ4v) is 2.35. The number of para-hydroxylation sites is 1. The van der Waals surface area contributed by atoms with Crippen LogP contribution in [-0.2, 0) is 16.0 Å². The summed E-state index contributed by atoms with van der Waals surface area (Å²) in [6.45, 7) is 2.12. The lowest BCUT2D eigenvalue weighted by atomic mass is 10.1. The third-order valence-electron chi connectivity index (χ3n) is 3.17. The highest BCUT2D eigenvalue weighted by Crippen LogP contribution is 2.31. The summed E-state index contributed by atoms with van der Waals surface area (Å²) in [5, 5.41) is 11.2. The maximum absolute atomic E-state index is 12.2. The summed E-state index contributed by atoms with van der Waals surface area (Å²) in [4.78, 5) is 24.2. The number of aliphatic carboxylic acids is 1. The molecule has 0 aliphatic carbocycles. The largest absolute Gasteiger partial charge is 0.480 e. The second-order valence-corrected chi connectivity index (χ2v) is 4.73. The first-order valence-corrected chi connectivity index (χ1v) is 6.54. The minimum absolute atomic E-state index is 0.118. The maximum atomic E-state index is 12.2. The van der Waals surface area contributed by atoms with Crippen molar-refractivity contribution < 1.29 is 19.4 Å². The molecule has 1 aliphatic heterocycles. The number of nitrogens with zero attached hydrogens (tertiary/aromatic N) is 1. The van der Waals surface area contributed by atoms with Gasteiger partial charge >= 0.3 is 12.0 Å². The average molecular weight is 278 g/mol. The van der Waals surface area contributed by atoms with Crippen LogP contribution in [0.25, 0.3) is 0 Å². The van der Waals surface area contributed by atoms with E-state index in [0.717, 1.165) is 17.7 Å². The Morgan fingerprint density at radius 1 is 1.45 bits per heavy atom. The van der Waals surface area contributed by atoms with Crippen LogP contribution in [0.15, 0.2) is 24.3 Å². The van der Waals surface area contributed by atoms with E-state index in [1.807, 2.05) is 31.2 Å². The number of hydrogen-bond donors (Lipinski definition) is 2. The lowest BCUT2D eigenvalue weighted by Crippen LogP contribution is -2.44. The molecule has 1 heterocycles. The average Bonchev–Trinajstić information content (AvgIpc) is 2.73. The van der Waals surface area contributed by atoms with Crippen LogP contribution in [0.3, 0.4) is 0 Å². The van der Waals surface area contributed by atoms with Gasteiger partial charge in [-0.15, -0.1) is 0 Å². The van der Waals surface area contributed by atoms with E-state index in [4.69, 9.17) is 9.84 Å². The summed E-state index contributed by atoms with van der Waals surface area (Å²) in [6.07, 6.45) is 0.846. The van der Waals surface area contributed by atoms with E-state index in [-0.39, 0.29) is 31.8 Å². The third kappa shape index (κ3) is 3.27. The minimum atomic E-state index is -1.02. The zero-order valence-corrected chi connectivity index (χ0v) is 11.3. The molecule has 2 amide bonds. The molecule has 6 nitrogen and oxygen atoms in total. The number of carbonyl (C=O) groups is 2. The van der Waals surface area contributed by atoms with Crippen molar-refractivity contribution in [2.45, 2.75) is 19.4 Å². The van der Waals surface area contributed by atoms with Crippen LogP contribution in [0.4, 0.5) is 10.5 Å². The molecule has 1 unspecified atom stereocenters. The number of nitrogens with one attached hydrogen (secondary N) is 1. The smallest absolute Gasteiger partial charge is 0.329 e. The van der Waals surface area contributed by atoms with Crippen molar-refractivity contribution in [1.29, 1.82) is 0 Å². The summed E-state index contributed by atoms with van der Waals surface area (Å²) in [7, 11) is 0. The number of rotatable bonds is 5. The van der Waals surface area contributed by atoms with Crippen molar-refractivity contribution in [3.05, 3.63) is 29.8 Å². The lowest BCUT2D eigenvalue weighted by molar-refractivity contribution is -0.142. The summed E-state index contributed by atoms with van der Waals surface area (Å²) in [6, 6.07) is 7.77. The predicted octanol–water partition coefficient (Wildman–Crippen LogP) is 1.25. The fourth-order valence-electron chi connectivity index (χ4n) is 2.35. The van der Waals surface area contributed by atoms with Gasteiger partial charge in [-0.2, -0.15) is 0 Å². The lowest BCUT2D eigenvalue weighted by Gasteiger charge is -2.23. The molecule has 6 heteroatoms. The van der Waals surface area contributed by atoms with Gasteiger partial charge in [0.05, 0.1) is 6.61 Å². The Morgan fingerprint density at radius 3 is 2.95 bits per heavy atom. The maximum Gasteiger partial charge on any atom is 0.329 e. The van der Waals surface area contributed by atoms with E-state index >= 15 is 0 Å². The quantitative estimate of drug-likeness (QED) is 0.794. The SMILES string of the molecule is CC1Cc2ccccc2N1C(=O)NCCOCC(=O)O. The number of amides is 2. The number of benzene rings is 1. The van der Waals surface area contributed by atoms with Gasteiger partial charge in [0, 0.05) is 18.3 Å². The monoisotopic (exact) mass is 278 g/mol. The molecule has 1 aliphatic rings. The van der Waals surface area contributed by atoms with Gasteiger partial charge in [0.25, 0.3) is 0 Å². The zero-order valence-electron chi connectivity index (χ0n) is 11.3. The predicted molar refractivity (Wildman–Crippen MR) is 73.9 cm³/mol. The van der Waals surface area contributed by atoms with Crippen LogP contribution in [0.1, 0.15) is 12.5 Å². The van der Waals surface area contributed by atoms with Gasteiger partial charge in [-0.3, -0.25) is 4.90 Å². The topological polar surface area (TPSA) is 78.9 Å². The molecule has 0 saturated heterocycles. The number of carbonyl (C=O) groups excluding carboxylic acids is 1. The van der Waals surface area contributed by atoms with Crippen LogP contribution in [0.2, 0.25) is 0 Å². The number of anilines is 1. The number of hydrogen-bond acceptors (Lipinski definition) is 3. The number of carboxylic acid groups (broad SMARTS) is 1. The minimum Gasteiger partial charge on any atom is -0.480 e. The first kappa shape index (κ1) is 14.3. The van der Waals surface area contributed by atoms with Crippen molar-refractivity contribution in [2.75, 3.05) is 24.7 Å². The highest BCUT2D eigenvalue weighted by molar-refractivity contribution is 5.94. The van der Waals surface area contributed by atoms with Gasteiger partial charge in [-0.1, -0.05) is 18.2 Å². The number of carboxylic acids is 1. The van der Waals surface area contributed by atoms with Crippen molar-refractivity contribution in [1.82, 2.24) is 5.32 Å². The molecule has 0 fully saturated rings. The summed E-state index contributed by atoms with van der Waals surface area (Å²) in [5.74, 6) is -1.02. The van der Waals surface area contributed by atoms with Crippen LogP contribution >= 0.6 is 0 Å². The van der Waals surface area contributed by atoms with E-state index in [1.54, 1.807) is 4.90 Å². The number of fused-ring (bicyclic) bond motifs is 1. The van der Waals surface area contributed by atoms with E-state index in [9.17, 15) is 9.59 Å². The zero-order chi connectivity index (χ0) is 14.5. The number of ether oxygens (including phenoxy) is 1. The Labute approximate surface area is 117 Å². The second kappa shape index (κ2) is 6.38. The van der Waals surface area contributed by atoms with Gasteiger partial charge in [0.2, 0.25) is 0 Å². The molecule has 0 radical (unpaired) electrons. The van der Waals surface area contributed by atoms with Crippen molar-refractivity contribution in [3.63, 3.8) is 0 Å². The van der Waals surface area contributed by atoms with Crippen molar-refractivity contribution in [2.24, 2.45) is 0 Å². The normalized spacial score (nSPS) is 16.9. The Balaban J connectivity index is 1.85. The van der Waals surface area contributed by atoms with Crippen LogP contribution in [-0.4, -0.2) is 42.9 Å². The van der Waals surface area contributed by atoms with Crippen LogP contribution < -0.4 is 10.2 Å².